The SMILES string of the molecule is C=C/C=C(\C=C)C(=O)COC(=O)C1CCCCN1. The van der Waals surface area contributed by atoms with Crippen LogP contribution in [0.4, 0.5) is 0 Å². The van der Waals surface area contributed by atoms with Gasteiger partial charge in [0.2, 0.25) is 0 Å². The minimum absolute atomic E-state index is 0.247. The van der Waals surface area contributed by atoms with Gasteiger partial charge >= 0.3 is 5.97 Å². The summed E-state index contributed by atoms with van der Waals surface area (Å²) >= 11 is 0. The third kappa shape index (κ3) is 4.30. The molecule has 0 spiro atoms. The molecular weight excluding hydrogens is 230 g/mol. The van der Waals surface area contributed by atoms with Crippen LogP contribution in [0.15, 0.2) is 37.0 Å². The average Bonchev–Trinajstić information content (AvgIpc) is 2.42. The minimum atomic E-state index is -0.356. The van der Waals surface area contributed by atoms with Gasteiger partial charge in [0.25, 0.3) is 0 Å². The van der Waals surface area contributed by atoms with Gasteiger partial charge in [-0.05, 0) is 19.4 Å². The Bertz CT molecular complexity index is 365. The average molecular weight is 249 g/mol. The highest BCUT2D eigenvalue weighted by Crippen LogP contribution is 2.08. The number of allylic oxidation sites excluding steroid dienone is 3. The molecule has 18 heavy (non-hydrogen) atoms. The van der Waals surface area contributed by atoms with Crippen molar-refractivity contribution in [1.82, 2.24) is 5.32 Å². The Morgan fingerprint density at radius 3 is 2.67 bits per heavy atom. The first-order valence-electron chi connectivity index (χ1n) is 6.07. The largest absolute Gasteiger partial charge is 0.456 e. The number of esters is 1. The molecule has 0 aromatic carbocycles. The number of piperidine rings is 1. The van der Waals surface area contributed by atoms with E-state index in [1.165, 1.54) is 12.2 Å². The van der Waals surface area contributed by atoms with Crippen LogP contribution >= 0.6 is 0 Å². The van der Waals surface area contributed by atoms with Crippen LogP contribution in [0.25, 0.3) is 0 Å². The molecule has 0 amide bonds. The van der Waals surface area contributed by atoms with Crippen molar-refractivity contribution in [3.63, 3.8) is 0 Å². The number of ether oxygens (including phenoxy) is 1. The number of rotatable bonds is 6. The highest BCUT2D eigenvalue weighted by atomic mass is 16.5. The van der Waals surface area contributed by atoms with E-state index in [0.717, 1.165) is 25.8 Å². The quantitative estimate of drug-likeness (QED) is 0.441. The third-order valence-corrected chi connectivity index (χ3v) is 2.78. The molecule has 1 N–H and O–H groups in total. The fourth-order valence-electron chi connectivity index (χ4n) is 1.78. The van der Waals surface area contributed by atoms with Gasteiger partial charge < -0.3 is 10.1 Å². The van der Waals surface area contributed by atoms with E-state index in [1.54, 1.807) is 6.08 Å². The van der Waals surface area contributed by atoms with Gasteiger partial charge in [-0.1, -0.05) is 37.8 Å². The summed E-state index contributed by atoms with van der Waals surface area (Å²) in [6, 6.07) is -0.276. The molecule has 1 saturated heterocycles. The molecule has 0 aromatic rings. The maximum Gasteiger partial charge on any atom is 0.323 e. The maximum atomic E-state index is 11.7. The molecule has 0 radical (unpaired) electrons. The topological polar surface area (TPSA) is 55.4 Å². The Balaban J connectivity index is 2.41. The zero-order valence-corrected chi connectivity index (χ0v) is 10.5. The lowest BCUT2D eigenvalue weighted by molar-refractivity contribution is -0.149. The van der Waals surface area contributed by atoms with Crippen LogP contribution in [-0.4, -0.2) is 30.9 Å². The molecule has 0 bridgehead atoms. The van der Waals surface area contributed by atoms with Crippen LogP contribution in [0.3, 0.4) is 0 Å². The molecule has 0 aromatic heterocycles. The van der Waals surface area contributed by atoms with Crippen molar-refractivity contribution in [2.45, 2.75) is 25.3 Å². The Labute approximate surface area is 107 Å². The van der Waals surface area contributed by atoms with Crippen LogP contribution < -0.4 is 5.32 Å². The first kappa shape index (κ1) is 14.4. The van der Waals surface area contributed by atoms with E-state index in [0.29, 0.717) is 5.57 Å². The molecule has 1 fully saturated rings. The molecule has 1 aliphatic rings. The van der Waals surface area contributed by atoms with Gasteiger partial charge in [0, 0.05) is 5.57 Å². The molecular formula is C14H19NO3. The van der Waals surface area contributed by atoms with Gasteiger partial charge in [-0.25, -0.2) is 0 Å². The second-order valence-electron chi connectivity index (χ2n) is 4.10. The molecule has 0 aliphatic carbocycles. The smallest absolute Gasteiger partial charge is 0.323 e. The zero-order valence-electron chi connectivity index (χ0n) is 10.5. The van der Waals surface area contributed by atoms with Crippen molar-refractivity contribution in [1.29, 1.82) is 0 Å². The Morgan fingerprint density at radius 2 is 2.11 bits per heavy atom. The minimum Gasteiger partial charge on any atom is -0.456 e. The summed E-state index contributed by atoms with van der Waals surface area (Å²) in [6.45, 7) is 7.61. The van der Waals surface area contributed by atoms with Gasteiger partial charge in [-0.3, -0.25) is 9.59 Å². The molecule has 4 nitrogen and oxygen atoms in total. The first-order valence-corrected chi connectivity index (χ1v) is 6.07. The van der Waals surface area contributed by atoms with E-state index in [1.807, 2.05) is 0 Å². The molecule has 1 heterocycles. The Hall–Kier alpha value is -1.68. The molecule has 1 unspecified atom stereocenters. The third-order valence-electron chi connectivity index (χ3n) is 2.78. The predicted octanol–water partition coefficient (Wildman–Crippen LogP) is 1.54. The normalized spacial score (nSPS) is 20.0. The summed E-state index contributed by atoms with van der Waals surface area (Å²) in [4.78, 5) is 23.3. The lowest BCUT2D eigenvalue weighted by Crippen LogP contribution is -2.42. The van der Waals surface area contributed by atoms with Crippen LogP contribution in [0.5, 0.6) is 0 Å². The summed E-state index contributed by atoms with van der Waals surface area (Å²) in [5.41, 5.74) is 0.398. The number of Topliss-reactive ketones (excluding diaryl/α,β-unsaturated/α-hetero) is 1. The monoisotopic (exact) mass is 249 g/mol. The van der Waals surface area contributed by atoms with Gasteiger partial charge in [-0.15, -0.1) is 0 Å². The van der Waals surface area contributed by atoms with Crippen LogP contribution in [0.1, 0.15) is 19.3 Å². The number of hydrogen-bond acceptors (Lipinski definition) is 4. The zero-order chi connectivity index (χ0) is 13.4. The van der Waals surface area contributed by atoms with E-state index in [-0.39, 0.29) is 24.4 Å². The fraction of sp³-hybridized carbons (Fsp3) is 0.429. The summed E-state index contributed by atoms with van der Waals surface area (Å²) in [7, 11) is 0. The van der Waals surface area contributed by atoms with Gasteiger partial charge in [-0.2, -0.15) is 0 Å². The first-order chi connectivity index (χ1) is 8.69. The van der Waals surface area contributed by atoms with Crippen molar-refractivity contribution >= 4 is 11.8 Å². The van der Waals surface area contributed by atoms with E-state index in [4.69, 9.17) is 4.74 Å². The predicted molar refractivity (Wildman–Crippen MR) is 70.1 cm³/mol. The summed E-state index contributed by atoms with van der Waals surface area (Å²) in [6.07, 6.45) is 7.32. The van der Waals surface area contributed by atoms with Crippen LogP contribution in [-0.2, 0) is 14.3 Å². The lowest BCUT2D eigenvalue weighted by atomic mass is 10.1. The molecule has 4 heteroatoms. The summed E-state index contributed by atoms with van der Waals surface area (Å²) < 4.78 is 5.00. The molecule has 1 atom stereocenters. The highest BCUT2D eigenvalue weighted by molar-refractivity contribution is 6.00. The number of hydrogen-bond donors (Lipinski definition) is 1. The second kappa shape index (κ2) is 7.61. The lowest BCUT2D eigenvalue weighted by Gasteiger charge is -2.21. The Morgan fingerprint density at radius 1 is 1.33 bits per heavy atom. The van der Waals surface area contributed by atoms with Crippen molar-refractivity contribution in [2.24, 2.45) is 0 Å². The van der Waals surface area contributed by atoms with Crippen molar-refractivity contribution < 1.29 is 14.3 Å². The van der Waals surface area contributed by atoms with Crippen molar-refractivity contribution in [3.05, 3.63) is 37.0 Å². The standard InChI is InChI=1S/C14H19NO3/c1-3-7-11(4-2)13(16)10-18-14(17)12-8-5-6-9-15-12/h3-4,7,12,15H,1-2,5-6,8-10H2/b11-7+. The summed E-state index contributed by atoms with van der Waals surface area (Å²) in [5, 5.41) is 3.07. The van der Waals surface area contributed by atoms with Crippen LogP contribution in [0, 0.1) is 0 Å². The van der Waals surface area contributed by atoms with Crippen LogP contribution in [0.2, 0.25) is 0 Å². The number of ketones is 1. The highest BCUT2D eigenvalue weighted by Gasteiger charge is 2.22. The van der Waals surface area contributed by atoms with Crippen molar-refractivity contribution in [2.75, 3.05) is 13.2 Å². The summed E-state index contributed by atoms with van der Waals surface area (Å²) in [5.74, 6) is -0.626. The van der Waals surface area contributed by atoms with E-state index >= 15 is 0 Å². The van der Waals surface area contributed by atoms with Gasteiger partial charge in [0.05, 0.1) is 0 Å². The molecule has 0 saturated carbocycles. The van der Waals surface area contributed by atoms with E-state index < -0.39 is 0 Å². The second-order valence-corrected chi connectivity index (χ2v) is 4.10. The van der Waals surface area contributed by atoms with E-state index in [2.05, 4.69) is 18.5 Å². The molecule has 1 rings (SSSR count). The maximum absolute atomic E-state index is 11.7. The van der Waals surface area contributed by atoms with Gasteiger partial charge in [0.1, 0.15) is 6.04 Å². The number of nitrogens with one attached hydrogen (secondary N) is 1. The van der Waals surface area contributed by atoms with Gasteiger partial charge in [0.15, 0.2) is 12.4 Å². The van der Waals surface area contributed by atoms with Crippen molar-refractivity contribution in [3.8, 4) is 0 Å². The fourth-order valence-corrected chi connectivity index (χ4v) is 1.78. The number of carbonyl (C=O) groups is 2. The molecule has 1 aliphatic heterocycles. The Kier molecular flexibility index (Phi) is 6.08. The molecule has 98 valence electrons. The van der Waals surface area contributed by atoms with E-state index in [9.17, 15) is 9.59 Å². The number of carbonyl (C=O) groups excluding carboxylic acids is 2.